The maximum Gasteiger partial charge on any atom is 0.323 e. The van der Waals surface area contributed by atoms with E-state index >= 15 is 0 Å². The van der Waals surface area contributed by atoms with Crippen molar-refractivity contribution in [2.45, 2.75) is 45.4 Å². The van der Waals surface area contributed by atoms with Gasteiger partial charge in [-0.15, -0.1) is 5.10 Å². The van der Waals surface area contributed by atoms with Crippen LogP contribution in [0.25, 0.3) is 0 Å². The van der Waals surface area contributed by atoms with E-state index < -0.39 is 0 Å². The fourth-order valence-electron chi connectivity index (χ4n) is 2.74. The molecule has 1 saturated heterocycles. The Labute approximate surface area is 145 Å². The lowest BCUT2D eigenvalue weighted by Gasteiger charge is -2.25. The van der Waals surface area contributed by atoms with Crippen molar-refractivity contribution in [3.63, 3.8) is 0 Å². The quantitative estimate of drug-likeness (QED) is 0.834. The molecular weight excluding hydrogens is 326 g/mol. The van der Waals surface area contributed by atoms with Crippen LogP contribution < -0.4 is 5.32 Å². The highest BCUT2D eigenvalue weighted by Crippen LogP contribution is 2.17. The van der Waals surface area contributed by atoms with Crippen LogP contribution in [0.5, 0.6) is 0 Å². The number of ether oxygens (including phenoxy) is 1. The standard InChI is InChI=1S/C16H23N5O2S/c1-2-6-21-11-15(18-19-21)17-16(22)20(9-13-5-8-24-12-13)10-14-4-3-7-23-14/h5,8,11-12,14H,2-4,6-7,9-10H2,1H3,(H,17,22)/t14-/m1/s1. The van der Waals surface area contributed by atoms with Crippen molar-refractivity contribution in [1.82, 2.24) is 19.9 Å². The molecule has 0 aromatic carbocycles. The van der Waals surface area contributed by atoms with Gasteiger partial charge in [-0.25, -0.2) is 4.79 Å². The first-order valence-corrected chi connectivity index (χ1v) is 9.27. The van der Waals surface area contributed by atoms with E-state index in [4.69, 9.17) is 4.74 Å². The molecular formula is C16H23N5O2S. The normalized spacial score (nSPS) is 17.1. The molecule has 0 saturated carbocycles. The van der Waals surface area contributed by atoms with Crippen molar-refractivity contribution in [3.8, 4) is 0 Å². The number of thiophene rings is 1. The second kappa shape index (κ2) is 8.25. The highest BCUT2D eigenvalue weighted by atomic mass is 32.1. The maximum atomic E-state index is 12.7. The van der Waals surface area contributed by atoms with Crippen LogP contribution in [-0.2, 0) is 17.8 Å². The lowest BCUT2D eigenvalue weighted by Crippen LogP contribution is -2.39. The predicted octanol–water partition coefficient (Wildman–Crippen LogP) is 2.96. The summed E-state index contributed by atoms with van der Waals surface area (Å²) in [5.41, 5.74) is 1.13. The summed E-state index contributed by atoms with van der Waals surface area (Å²) >= 11 is 1.63. The lowest BCUT2D eigenvalue weighted by atomic mass is 10.2. The molecule has 3 rings (SSSR count). The highest BCUT2D eigenvalue weighted by molar-refractivity contribution is 7.07. The van der Waals surface area contributed by atoms with Crippen LogP contribution in [0, 0.1) is 0 Å². The molecule has 1 aliphatic rings. The van der Waals surface area contributed by atoms with E-state index in [1.807, 2.05) is 11.4 Å². The van der Waals surface area contributed by atoms with Crippen LogP contribution in [0.3, 0.4) is 0 Å². The van der Waals surface area contributed by atoms with Gasteiger partial charge in [-0.2, -0.15) is 11.3 Å². The van der Waals surface area contributed by atoms with E-state index in [1.165, 1.54) is 0 Å². The van der Waals surface area contributed by atoms with Gasteiger partial charge in [0.25, 0.3) is 0 Å². The average Bonchev–Trinajstić information content (AvgIpc) is 3.30. The van der Waals surface area contributed by atoms with Crippen LogP contribution in [0.2, 0.25) is 0 Å². The van der Waals surface area contributed by atoms with Gasteiger partial charge in [-0.1, -0.05) is 12.1 Å². The van der Waals surface area contributed by atoms with Crippen molar-refractivity contribution < 1.29 is 9.53 Å². The predicted molar refractivity (Wildman–Crippen MR) is 93.0 cm³/mol. The highest BCUT2D eigenvalue weighted by Gasteiger charge is 2.23. The molecule has 1 atom stereocenters. The second-order valence-electron chi connectivity index (χ2n) is 5.94. The number of anilines is 1. The van der Waals surface area contributed by atoms with Crippen LogP contribution in [0.15, 0.2) is 23.0 Å². The first-order chi connectivity index (χ1) is 11.7. The summed E-state index contributed by atoms with van der Waals surface area (Å²) in [5, 5.41) is 15.0. The molecule has 1 N–H and O–H groups in total. The minimum Gasteiger partial charge on any atom is -0.376 e. The third-order valence-electron chi connectivity index (χ3n) is 3.92. The number of amides is 2. The summed E-state index contributed by atoms with van der Waals surface area (Å²) in [6.45, 7) is 4.80. The van der Waals surface area contributed by atoms with Gasteiger partial charge in [0.05, 0.1) is 12.3 Å². The van der Waals surface area contributed by atoms with Crippen molar-refractivity contribution in [2.24, 2.45) is 0 Å². The monoisotopic (exact) mass is 349 g/mol. The summed E-state index contributed by atoms with van der Waals surface area (Å²) in [6, 6.07) is 1.87. The largest absolute Gasteiger partial charge is 0.376 e. The van der Waals surface area contributed by atoms with E-state index in [-0.39, 0.29) is 12.1 Å². The molecule has 2 aromatic rings. The van der Waals surface area contributed by atoms with Crippen LogP contribution in [0.4, 0.5) is 10.6 Å². The summed E-state index contributed by atoms with van der Waals surface area (Å²) in [5.74, 6) is 0.483. The Balaban J connectivity index is 1.64. The number of rotatable bonds is 7. The molecule has 0 unspecified atom stereocenters. The number of hydrogen-bond donors (Lipinski definition) is 1. The average molecular weight is 349 g/mol. The molecule has 2 amide bonds. The molecule has 1 aliphatic heterocycles. The molecule has 24 heavy (non-hydrogen) atoms. The van der Waals surface area contributed by atoms with Gasteiger partial charge < -0.3 is 9.64 Å². The van der Waals surface area contributed by atoms with Crippen molar-refractivity contribution in [2.75, 3.05) is 18.5 Å². The van der Waals surface area contributed by atoms with Crippen molar-refractivity contribution >= 4 is 23.2 Å². The van der Waals surface area contributed by atoms with E-state index in [0.29, 0.717) is 18.9 Å². The summed E-state index contributed by atoms with van der Waals surface area (Å²) < 4.78 is 7.42. The molecule has 0 spiro atoms. The molecule has 0 bridgehead atoms. The third kappa shape index (κ3) is 4.55. The molecule has 7 nitrogen and oxygen atoms in total. The third-order valence-corrected chi connectivity index (χ3v) is 4.65. The molecule has 1 fully saturated rings. The van der Waals surface area contributed by atoms with Gasteiger partial charge in [-0.3, -0.25) is 10.00 Å². The van der Waals surface area contributed by atoms with E-state index in [9.17, 15) is 4.79 Å². The zero-order chi connectivity index (χ0) is 16.8. The summed E-state index contributed by atoms with van der Waals surface area (Å²) in [7, 11) is 0. The fourth-order valence-corrected chi connectivity index (χ4v) is 3.40. The molecule has 8 heteroatoms. The smallest absolute Gasteiger partial charge is 0.323 e. The zero-order valence-corrected chi connectivity index (χ0v) is 14.7. The minimum atomic E-state index is -0.166. The lowest BCUT2D eigenvalue weighted by molar-refractivity contribution is 0.0819. The van der Waals surface area contributed by atoms with Crippen LogP contribution in [-0.4, -0.2) is 45.2 Å². The summed E-state index contributed by atoms with van der Waals surface area (Å²) in [4.78, 5) is 14.5. The Morgan fingerprint density at radius 2 is 2.50 bits per heavy atom. The SMILES string of the molecule is CCCn1cc(NC(=O)N(Cc2ccsc2)C[C@H]2CCCO2)nn1. The number of nitrogens with zero attached hydrogens (tertiary/aromatic N) is 4. The number of hydrogen-bond acceptors (Lipinski definition) is 5. The topological polar surface area (TPSA) is 72.3 Å². The van der Waals surface area contributed by atoms with Crippen molar-refractivity contribution in [3.05, 3.63) is 28.6 Å². The first kappa shape index (κ1) is 16.9. The first-order valence-electron chi connectivity index (χ1n) is 8.33. The number of nitrogens with one attached hydrogen (secondary N) is 1. The number of carbonyl (C=O) groups excluding carboxylic acids is 1. The van der Waals surface area contributed by atoms with Gasteiger partial charge in [0.1, 0.15) is 0 Å². The Bertz CT molecular complexity index is 637. The Morgan fingerprint density at radius 3 is 3.21 bits per heavy atom. The van der Waals surface area contributed by atoms with Gasteiger partial charge >= 0.3 is 6.03 Å². The van der Waals surface area contributed by atoms with Gasteiger partial charge in [0.2, 0.25) is 0 Å². The molecule has 130 valence electrons. The summed E-state index contributed by atoms with van der Waals surface area (Å²) in [6.07, 6.45) is 4.91. The van der Waals surface area contributed by atoms with Crippen molar-refractivity contribution in [1.29, 1.82) is 0 Å². The van der Waals surface area contributed by atoms with Gasteiger partial charge in [0.15, 0.2) is 5.82 Å². The van der Waals surface area contributed by atoms with Crippen LogP contribution in [0.1, 0.15) is 31.7 Å². The van der Waals surface area contributed by atoms with Gasteiger partial charge in [0, 0.05) is 26.2 Å². The van der Waals surface area contributed by atoms with E-state index in [1.54, 1.807) is 27.1 Å². The number of aromatic nitrogens is 3. The van der Waals surface area contributed by atoms with E-state index in [0.717, 1.165) is 38.0 Å². The van der Waals surface area contributed by atoms with Gasteiger partial charge in [-0.05, 0) is 41.7 Å². The Hall–Kier alpha value is -1.93. The maximum absolute atomic E-state index is 12.7. The Kier molecular flexibility index (Phi) is 5.81. The second-order valence-corrected chi connectivity index (χ2v) is 6.72. The number of urea groups is 1. The molecule has 3 heterocycles. The minimum absolute atomic E-state index is 0.116. The molecule has 0 radical (unpaired) electrons. The van der Waals surface area contributed by atoms with Crippen LogP contribution >= 0.6 is 11.3 Å². The molecule has 2 aromatic heterocycles. The number of aryl methyl sites for hydroxylation is 1. The van der Waals surface area contributed by atoms with E-state index in [2.05, 4.69) is 27.9 Å². The fraction of sp³-hybridized carbons (Fsp3) is 0.562. The molecule has 0 aliphatic carbocycles. The number of carbonyl (C=O) groups is 1. The zero-order valence-electron chi connectivity index (χ0n) is 13.9. The Morgan fingerprint density at radius 1 is 1.58 bits per heavy atom.